The first kappa shape index (κ1) is 15.2. The Bertz CT molecular complexity index is 725. The quantitative estimate of drug-likeness (QED) is 0.832. The van der Waals surface area contributed by atoms with Gasteiger partial charge in [-0.1, -0.05) is 0 Å². The molecular formula is C15H18N2O3S. The molecule has 5 nitrogen and oxygen atoms in total. The highest BCUT2D eigenvalue weighted by molar-refractivity contribution is 7.92. The molecule has 0 aliphatic heterocycles. The van der Waals surface area contributed by atoms with E-state index in [4.69, 9.17) is 10.5 Å². The van der Waals surface area contributed by atoms with E-state index < -0.39 is 10.0 Å². The van der Waals surface area contributed by atoms with Crippen LogP contribution in [0.4, 0.5) is 11.4 Å². The number of ether oxygens (including phenoxy) is 1. The van der Waals surface area contributed by atoms with Crippen LogP contribution in [0, 0.1) is 6.92 Å². The van der Waals surface area contributed by atoms with Gasteiger partial charge in [-0.2, -0.15) is 0 Å². The predicted molar refractivity (Wildman–Crippen MR) is 84.0 cm³/mol. The highest BCUT2D eigenvalue weighted by atomic mass is 32.2. The van der Waals surface area contributed by atoms with Crippen LogP contribution < -0.4 is 15.2 Å². The Labute approximate surface area is 124 Å². The standard InChI is InChI=1S/C15H18N2O3S/c1-3-20-14-7-5-13(6-8-14)17-21(18,19)15-9-4-12(16)10-11(15)2/h4-10,17H,3,16H2,1-2H3. The molecule has 0 unspecified atom stereocenters. The molecule has 0 bridgehead atoms. The summed E-state index contributed by atoms with van der Waals surface area (Å²) >= 11 is 0. The Balaban J connectivity index is 2.24. The third-order valence-electron chi connectivity index (χ3n) is 2.91. The molecule has 0 saturated heterocycles. The smallest absolute Gasteiger partial charge is 0.262 e. The van der Waals surface area contributed by atoms with Crippen LogP contribution in [-0.4, -0.2) is 15.0 Å². The van der Waals surface area contributed by atoms with Crippen LogP contribution in [0.25, 0.3) is 0 Å². The van der Waals surface area contributed by atoms with E-state index in [0.29, 0.717) is 29.3 Å². The molecule has 0 saturated carbocycles. The van der Waals surface area contributed by atoms with Crippen LogP contribution in [0.15, 0.2) is 47.4 Å². The second-order valence-electron chi connectivity index (χ2n) is 4.59. The molecule has 2 aromatic carbocycles. The molecule has 0 atom stereocenters. The Morgan fingerprint density at radius 2 is 1.81 bits per heavy atom. The summed E-state index contributed by atoms with van der Waals surface area (Å²) in [5.74, 6) is 0.698. The molecule has 0 radical (unpaired) electrons. The lowest BCUT2D eigenvalue weighted by molar-refractivity contribution is 0.340. The maximum atomic E-state index is 12.4. The number of rotatable bonds is 5. The number of hydrogen-bond acceptors (Lipinski definition) is 4. The van der Waals surface area contributed by atoms with E-state index in [0.717, 1.165) is 0 Å². The zero-order valence-corrected chi connectivity index (χ0v) is 12.8. The number of anilines is 2. The van der Waals surface area contributed by atoms with E-state index in [1.165, 1.54) is 6.07 Å². The number of sulfonamides is 1. The van der Waals surface area contributed by atoms with Crippen LogP contribution in [0.2, 0.25) is 0 Å². The van der Waals surface area contributed by atoms with Crippen molar-refractivity contribution in [2.45, 2.75) is 18.7 Å². The van der Waals surface area contributed by atoms with Crippen molar-refractivity contribution in [3.63, 3.8) is 0 Å². The van der Waals surface area contributed by atoms with Crippen molar-refractivity contribution in [1.82, 2.24) is 0 Å². The lowest BCUT2D eigenvalue weighted by Crippen LogP contribution is -2.14. The molecule has 0 heterocycles. The maximum Gasteiger partial charge on any atom is 0.262 e. The van der Waals surface area contributed by atoms with Gasteiger partial charge in [-0.05, 0) is 61.9 Å². The summed E-state index contributed by atoms with van der Waals surface area (Å²) in [7, 11) is -3.63. The number of benzene rings is 2. The van der Waals surface area contributed by atoms with Gasteiger partial charge in [0, 0.05) is 11.4 Å². The maximum absolute atomic E-state index is 12.4. The van der Waals surface area contributed by atoms with E-state index in [9.17, 15) is 8.42 Å². The first-order valence-electron chi connectivity index (χ1n) is 6.54. The van der Waals surface area contributed by atoms with Crippen LogP contribution in [0.5, 0.6) is 5.75 Å². The average molecular weight is 306 g/mol. The fraction of sp³-hybridized carbons (Fsp3) is 0.200. The van der Waals surface area contributed by atoms with Crippen molar-refractivity contribution >= 4 is 21.4 Å². The highest BCUT2D eigenvalue weighted by Gasteiger charge is 2.16. The Kier molecular flexibility index (Phi) is 4.37. The molecule has 112 valence electrons. The topological polar surface area (TPSA) is 81.4 Å². The molecule has 0 aliphatic rings. The molecule has 0 aliphatic carbocycles. The average Bonchev–Trinajstić information content (AvgIpc) is 2.40. The van der Waals surface area contributed by atoms with Crippen molar-refractivity contribution in [2.24, 2.45) is 0 Å². The zero-order valence-electron chi connectivity index (χ0n) is 12.0. The fourth-order valence-corrected chi connectivity index (χ4v) is 3.26. The summed E-state index contributed by atoms with van der Waals surface area (Å²) in [4.78, 5) is 0.214. The predicted octanol–water partition coefficient (Wildman–Crippen LogP) is 2.78. The minimum atomic E-state index is -3.63. The first-order valence-corrected chi connectivity index (χ1v) is 8.02. The lowest BCUT2D eigenvalue weighted by Gasteiger charge is -2.11. The van der Waals surface area contributed by atoms with Crippen LogP contribution in [0.3, 0.4) is 0 Å². The monoisotopic (exact) mass is 306 g/mol. The molecule has 21 heavy (non-hydrogen) atoms. The van der Waals surface area contributed by atoms with Gasteiger partial charge in [0.05, 0.1) is 11.5 Å². The Morgan fingerprint density at radius 1 is 1.14 bits per heavy atom. The molecule has 0 fully saturated rings. The van der Waals surface area contributed by atoms with Crippen LogP contribution in [0.1, 0.15) is 12.5 Å². The zero-order chi connectivity index (χ0) is 15.5. The normalized spacial score (nSPS) is 11.1. The van der Waals surface area contributed by atoms with Crippen LogP contribution >= 0.6 is 0 Å². The van der Waals surface area contributed by atoms with Gasteiger partial charge in [0.1, 0.15) is 5.75 Å². The van der Waals surface area contributed by atoms with Crippen molar-refractivity contribution in [2.75, 3.05) is 17.1 Å². The first-order chi connectivity index (χ1) is 9.92. The van der Waals surface area contributed by atoms with Gasteiger partial charge < -0.3 is 10.5 Å². The fourth-order valence-electron chi connectivity index (χ4n) is 1.97. The minimum Gasteiger partial charge on any atom is -0.494 e. The molecule has 0 aromatic heterocycles. The second-order valence-corrected chi connectivity index (χ2v) is 6.24. The molecule has 0 spiro atoms. The van der Waals surface area contributed by atoms with Gasteiger partial charge in [-0.25, -0.2) is 8.42 Å². The number of aryl methyl sites for hydroxylation is 1. The SMILES string of the molecule is CCOc1ccc(NS(=O)(=O)c2ccc(N)cc2C)cc1. The van der Waals surface area contributed by atoms with E-state index in [2.05, 4.69) is 4.72 Å². The highest BCUT2D eigenvalue weighted by Crippen LogP contribution is 2.22. The lowest BCUT2D eigenvalue weighted by atomic mass is 10.2. The molecule has 6 heteroatoms. The van der Waals surface area contributed by atoms with Crippen molar-refractivity contribution in [3.8, 4) is 5.75 Å². The van der Waals surface area contributed by atoms with E-state index >= 15 is 0 Å². The van der Waals surface area contributed by atoms with Gasteiger partial charge >= 0.3 is 0 Å². The summed E-state index contributed by atoms with van der Waals surface area (Å²) in [5, 5.41) is 0. The number of nitrogens with two attached hydrogens (primary N) is 1. The summed E-state index contributed by atoms with van der Waals surface area (Å²) in [6.07, 6.45) is 0. The summed E-state index contributed by atoms with van der Waals surface area (Å²) in [5.41, 5.74) is 7.26. The molecule has 0 amide bonds. The minimum absolute atomic E-state index is 0.214. The molecule has 2 rings (SSSR count). The number of nitrogen functional groups attached to an aromatic ring is 1. The Hall–Kier alpha value is -2.21. The van der Waals surface area contributed by atoms with Gasteiger partial charge in [0.2, 0.25) is 0 Å². The third-order valence-corrected chi connectivity index (χ3v) is 4.45. The van der Waals surface area contributed by atoms with Crippen molar-refractivity contribution in [3.05, 3.63) is 48.0 Å². The largest absolute Gasteiger partial charge is 0.494 e. The van der Waals surface area contributed by atoms with Crippen LogP contribution in [-0.2, 0) is 10.0 Å². The van der Waals surface area contributed by atoms with E-state index in [1.807, 2.05) is 6.92 Å². The summed E-state index contributed by atoms with van der Waals surface area (Å²) < 4.78 is 32.6. The molecule has 3 N–H and O–H groups in total. The van der Waals surface area contributed by atoms with Crippen molar-refractivity contribution < 1.29 is 13.2 Å². The summed E-state index contributed by atoms with van der Waals surface area (Å²) in [6.45, 7) is 4.17. The van der Waals surface area contributed by atoms with Gasteiger partial charge in [0.15, 0.2) is 0 Å². The molecular weight excluding hydrogens is 288 g/mol. The van der Waals surface area contributed by atoms with Gasteiger partial charge in [-0.3, -0.25) is 4.72 Å². The van der Waals surface area contributed by atoms with Crippen molar-refractivity contribution in [1.29, 1.82) is 0 Å². The molecule has 2 aromatic rings. The van der Waals surface area contributed by atoms with E-state index in [-0.39, 0.29) is 4.90 Å². The number of nitrogens with one attached hydrogen (secondary N) is 1. The Morgan fingerprint density at radius 3 is 2.38 bits per heavy atom. The number of hydrogen-bond donors (Lipinski definition) is 2. The second kappa shape index (κ2) is 6.05. The van der Waals surface area contributed by atoms with Gasteiger partial charge in [0.25, 0.3) is 10.0 Å². The van der Waals surface area contributed by atoms with E-state index in [1.54, 1.807) is 43.3 Å². The van der Waals surface area contributed by atoms with Gasteiger partial charge in [-0.15, -0.1) is 0 Å². The third kappa shape index (κ3) is 3.66. The summed E-state index contributed by atoms with van der Waals surface area (Å²) in [6, 6.07) is 11.5.